The monoisotopic (exact) mass is 287 g/mol. The molecule has 0 saturated carbocycles. The summed E-state index contributed by atoms with van der Waals surface area (Å²) in [6, 6.07) is 8.62. The van der Waals surface area contributed by atoms with Crippen molar-refractivity contribution in [3.8, 4) is 0 Å². The standard InChI is InChI=1S/C6H4F.HI.Zn/c7-6-4-2-1-3-5-6;;/h1-4H;1H;/q-1;;. The van der Waals surface area contributed by atoms with Gasteiger partial charge in [0.15, 0.2) is 0 Å². The second-order valence-electron chi connectivity index (χ2n) is 1.21. The maximum atomic E-state index is 11.9. The average Bonchev–Trinajstić information content (AvgIpc) is 1.69. The van der Waals surface area contributed by atoms with Gasteiger partial charge in [0.2, 0.25) is 0 Å². The van der Waals surface area contributed by atoms with Crippen molar-refractivity contribution in [2.75, 3.05) is 0 Å². The molecule has 0 saturated heterocycles. The van der Waals surface area contributed by atoms with Crippen LogP contribution in [-0.4, -0.2) is 0 Å². The summed E-state index contributed by atoms with van der Waals surface area (Å²) in [5.74, 6) is -0.303. The van der Waals surface area contributed by atoms with Gasteiger partial charge in [-0.25, -0.2) is 4.39 Å². The Morgan fingerprint density at radius 3 is 2.22 bits per heavy atom. The molecular formula is C6H5FIZn-. The van der Waals surface area contributed by atoms with Gasteiger partial charge in [-0.05, 0) is 0 Å². The molecule has 1 rings (SSSR count). The molecule has 9 heavy (non-hydrogen) atoms. The molecule has 0 fully saturated rings. The summed E-state index contributed by atoms with van der Waals surface area (Å²) < 4.78 is 11.9. The molecule has 0 aliphatic heterocycles. The third-order valence-corrected chi connectivity index (χ3v) is 0.671. The maximum Gasteiger partial charge on any atom is 0.0108 e. The van der Waals surface area contributed by atoms with Gasteiger partial charge >= 0.3 is 0 Å². The summed E-state index contributed by atoms with van der Waals surface area (Å²) >= 11 is 0. The van der Waals surface area contributed by atoms with E-state index < -0.39 is 0 Å². The molecule has 0 aliphatic carbocycles. The summed E-state index contributed by atoms with van der Waals surface area (Å²) in [5.41, 5.74) is 0. The van der Waals surface area contributed by atoms with E-state index in [1.54, 1.807) is 12.1 Å². The molecule has 0 aromatic heterocycles. The molecule has 46 valence electrons. The first-order valence-corrected chi connectivity index (χ1v) is 2.02. The smallest absolute Gasteiger partial charge is 0.0108 e. The van der Waals surface area contributed by atoms with Gasteiger partial charge in [-0.2, -0.15) is 18.2 Å². The largest absolute Gasteiger partial charge is 0.236 e. The van der Waals surface area contributed by atoms with Crippen LogP contribution in [0, 0.1) is 11.9 Å². The number of hydrogen-bond donors (Lipinski definition) is 0. The van der Waals surface area contributed by atoms with Crippen LogP contribution in [0.25, 0.3) is 0 Å². The minimum Gasteiger partial charge on any atom is -0.236 e. The van der Waals surface area contributed by atoms with E-state index in [-0.39, 0.29) is 49.3 Å². The van der Waals surface area contributed by atoms with Gasteiger partial charge < -0.3 is 0 Å². The van der Waals surface area contributed by atoms with Gasteiger partial charge in [-0.1, -0.05) is 0 Å². The molecule has 0 N–H and O–H groups in total. The molecule has 0 spiro atoms. The van der Waals surface area contributed by atoms with Crippen molar-refractivity contribution in [2.45, 2.75) is 0 Å². The van der Waals surface area contributed by atoms with E-state index >= 15 is 0 Å². The van der Waals surface area contributed by atoms with Gasteiger partial charge in [0.1, 0.15) is 0 Å². The summed E-state index contributed by atoms with van der Waals surface area (Å²) in [4.78, 5) is 0. The molecule has 1 aromatic carbocycles. The Morgan fingerprint density at radius 2 is 2.00 bits per heavy atom. The predicted octanol–water partition coefficient (Wildman–Crippen LogP) is 2.24. The zero-order valence-corrected chi connectivity index (χ0v) is 10.1. The molecule has 0 nitrogen and oxygen atoms in total. The minimum absolute atomic E-state index is 0. The Balaban J connectivity index is 0. The van der Waals surface area contributed by atoms with Crippen molar-refractivity contribution in [3.63, 3.8) is 0 Å². The molecule has 0 bridgehead atoms. The zero-order valence-electron chi connectivity index (χ0n) is 4.80. The Morgan fingerprint density at radius 1 is 1.33 bits per heavy atom. The van der Waals surface area contributed by atoms with E-state index in [1.165, 1.54) is 12.1 Å². The number of rotatable bonds is 0. The second kappa shape index (κ2) is 6.62. The molecule has 0 heterocycles. The van der Waals surface area contributed by atoms with Gasteiger partial charge in [0.05, 0.1) is 0 Å². The Bertz CT molecular complexity index is 143. The van der Waals surface area contributed by atoms with Crippen molar-refractivity contribution >= 4 is 24.0 Å². The van der Waals surface area contributed by atoms with Crippen LogP contribution in [-0.2, 0) is 19.5 Å². The minimum atomic E-state index is -0.303. The Kier molecular flexibility index (Phi) is 8.98. The fourth-order valence-corrected chi connectivity index (χ4v) is 0.371. The van der Waals surface area contributed by atoms with Crippen LogP contribution < -0.4 is 0 Å². The quantitative estimate of drug-likeness (QED) is 0.390. The first-order chi connectivity index (χ1) is 3.39. The number of hydrogen-bond acceptors (Lipinski definition) is 0. The summed E-state index contributed by atoms with van der Waals surface area (Å²) in [6.45, 7) is 0. The Labute approximate surface area is 83.6 Å². The summed E-state index contributed by atoms with van der Waals surface area (Å²) in [5, 5.41) is 0. The van der Waals surface area contributed by atoms with Gasteiger partial charge in [-0.3, -0.25) is 0 Å². The molecule has 0 atom stereocenters. The van der Waals surface area contributed by atoms with Crippen LogP contribution in [0.3, 0.4) is 0 Å². The van der Waals surface area contributed by atoms with Crippen molar-refractivity contribution in [1.82, 2.24) is 0 Å². The fourth-order valence-electron chi connectivity index (χ4n) is 0.371. The van der Waals surface area contributed by atoms with Crippen LogP contribution in [0.4, 0.5) is 4.39 Å². The fraction of sp³-hybridized carbons (Fsp3) is 0. The van der Waals surface area contributed by atoms with E-state index in [0.717, 1.165) is 0 Å². The van der Waals surface area contributed by atoms with E-state index in [2.05, 4.69) is 6.07 Å². The van der Waals surface area contributed by atoms with Crippen molar-refractivity contribution < 1.29 is 23.9 Å². The van der Waals surface area contributed by atoms with E-state index in [0.29, 0.717) is 0 Å². The van der Waals surface area contributed by atoms with Gasteiger partial charge in [0.25, 0.3) is 0 Å². The van der Waals surface area contributed by atoms with Gasteiger partial charge in [0, 0.05) is 25.3 Å². The third-order valence-electron chi connectivity index (χ3n) is 0.671. The predicted molar refractivity (Wildman–Crippen MR) is 40.7 cm³/mol. The average molecular weight is 288 g/mol. The second-order valence-corrected chi connectivity index (χ2v) is 1.21. The zero-order chi connectivity index (χ0) is 5.11. The molecule has 0 radical (unpaired) electrons. The van der Waals surface area contributed by atoms with E-state index in [4.69, 9.17) is 0 Å². The SMILES string of the molecule is Fc1[c-]cccc1.I.[Zn]. The summed E-state index contributed by atoms with van der Waals surface area (Å²) in [7, 11) is 0. The number of halogens is 2. The summed E-state index contributed by atoms with van der Waals surface area (Å²) in [6.07, 6.45) is 0. The molecule has 1 aromatic rings. The first kappa shape index (κ1) is 12.2. The van der Waals surface area contributed by atoms with Crippen LogP contribution in [0.5, 0.6) is 0 Å². The molecule has 3 heteroatoms. The van der Waals surface area contributed by atoms with Crippen molar-refractivity contribution in [1.29, 1.82) is 0 Å². The van der Waals surface area contributed by atoms with Crippen LogP contribution >= 0.6 is 24.0 Å². The van der Waals surface area contributed by atoms with E-state index in [9.17, 15) is 4.39 Å². The molecule has 0 amide bonds. The van der Waals surface area contributed by atoms with Crippen LogP contribution in [0.2, 0.25) is 0 Å². The topological polar surface area (TPSA) is 0 Å². The maximum absolute atomic E-state index is 11.9. The molecule has 0 unspecified atom stereocenters. The van der Waals surface area contributed by atoms with Gasteiger partial charge in [-0.15, -0.1) is 36.1 Å². The Hall–Kier alpha value is 0.503. The first-order valence-electron chi connectivity index (χ1n) is 2.02. The number of benzene rings is 1. The molecule has 0 aliphatic rings. The third kappa shape index (κ3) is 4.97. The van der Waals surface area contributed by atoms with Crippen molar-refractivity contribution in [3.05, 3.63) is 36.1 Å². The van der Waals surface area contributed by atoms with Crippen LogP contribution in [0.1, 0.15) is 0 Å². The normalized spacial score (nSPS) is 6.78. The molecular weight excluding hydrogens is 283 g/mol. The van der Waals surface area contributed by atoms with E-state index in [1.807, 2.05) is 0 Å². The van der Waals surface area contributed by atoms with Crippen molar-refractivity contribution in [2.24, 2.45) is 0 Å². The van der Waals surface area contributed by atoms with Crippen LogP contribution in [0.15, 0.2) is 24.3 Å².